The van der Waals surface area contributed by atoms with Crippen molar-refractivity contribution in [2.45, 2.75) is 0 Å². The molecular formula is C48H35ClN2O2. The Labute approximate surface area is 312 Å². The van der Waals surface area contributed by atoms with Gasteiger partial charge < -0.3 is 19.9 Å². The Morgan fingerprint density at radius 2 is 0.755 bits per heavy atom. The van der Waals surface area contributed by atoms with Crippen LogP contribution >= 0.6 is 11.6 Å². The molecule has 0 fully saturated rings. The first-order valence-electron chi connectivity index (χ1n) is 17.4. The van der Waals surface area contributed by atoms with E-state index in [1.165, 1.54) is 16.7 Å². The summed E-state index contributed by atoms with van der Waals surface area (Å²) in [6, 6.07) is 65.0. The van der Waals surface area contributed by atoms with Crippen molar-refractivity contribution in [3.8, 4) is 22.3 Å². The number of hydrogen-bond donors (Lipinski definition) is 2. The molecule has 53 heavy (non-hydrogen) atoms. The van der Waals surface area contributed by atoms with Crippen molar-refractivity contribution < 1.29 is 8.83 Å². The first-order chi connectivity index (χ1) is 26.1. The minimum atomic E-state index is 0.781. The summed E-state index contributed by atoms with van der Waals surface area (Å²) < 4.78 is 11.8. The second kappa shape index (κ2) is 15.2. The third kappa shape index (κ3) is 7.64. The lowest BCUT2D eigenvalue weighted by molar-refractivity contribution is 0.668. The molecule has 10 aromatic rings. The summed E-state index contributed by atoms with van der Waals surface area (Å²) in [6.45, 7) is 0. The molecule has 5 heteroatoms. The van der Waals surface area contributed by atoms with Crippen LogP contribution in [0.2, 0.25) is 5.02 Å². The van der Waals surface area contributed by atoms with Crippen LogP contribution in [0, 0.1) is 0 Å². The van der Waals surface area contributed by atoms with Crippen molar-refractivity contribution in [2.75, 3.05) is 11.1 Å². The van der Waals surface area contributed by atoms with Gasteiger partial charge in [-0.15, -0.1) is 0 Å². The van der Waals surface area contributed by atoms with Gasteiger partial charge in [0.05, 0.1) is 0 Å². The number of para-hydroxylation sites is 3. The summed E-state index contributed by atoms with van der Waals surface area (Å²) in [4.78, 5) is 0. The fraction of sp³-hybridized carbons (Fsp3) is 0. The summed E-state index contributed by atoms with van der Waals surface area (Å²) >= 11 is 5.54. The lowest BCUT2D eigenvalue weighted by Gasteiger charge is -2.08. The molecule has 0 bridgehead atoms. The number of furan rings is 2. The molecule has 0 amide bonds. The number of rotatable bonds is 4. The molecule has 10 rings (SSSR count). The topological polar surface area (TPSA) is 64.3 Å². The van der Waals surface area contributed by atoms with E-state index >= 15 is 0 Å². The van der Waals surface area contributed by atoms with Crippen LogP contribution in [0.15, 0.2) is 203 Å². The van der Waals surface area contributed by atoms with E-state index in [0.29, 0.717) is 0 Å². The number of nitrogens with two attached hydrogens (primary N) is 1. The van der Waals surface area contributed by atoms with Gasteiger partial charge in [-0.1, -0.05) is 121 Å². The molecule has 0 aliphatic carbocycles. The zero-order valence-corrected chi connectivity index (χ0v) is 29.5. The monoisotopic (exact) mass is 706 g/mol. The minimum absolute atomic E-state index is 0.781. The van der Waals surface area contributed by atoms with E-state index in [1.807, 2.05) is 115 Å². The van der Waals surface area contributed by atoms with E-state index in [-0.39, 0.29) is 0 Å². The van der Waals surface area contributed by atoms with Crippen LogP contribution in [0.4, 0.5) is 17.1 Å². The van der Waals surface area contributed by atoms with Gasteiger partial charge in [0.25, 0.3) is 0 Å². The van der Waals surface area contributed by atoms with Gasteiger partial charge in [0.1, 0.15) is 22.3 Å². The standard InChI is InChI=1S/C24H17NO.C18H13NO.C6H5Cl/c1-2-6-19(7-3-1)25-20-13-10-17(11-14-20)18-12-15-24-22(16-18)21-8-4-5-9-23(21)26-24;19-14-8-5-12(6-9-14)13-7-10-18-16(11-13)15-3-1-2-4-17(15)20-18;7-6-4-2-1-3-5-6/h1-16,25H;1-11H,19H2;1-5H. The Kier molecular flexibility index (Phi) is 9.60. The molecule has 0 aliphatic rings. The van der Waals surface area contributed by atoms with Crippen molar-refractivity contribution in [2.24, 2.45) is 0 Å². The number of nitrogens with one attached hydrogen (secondary N) is 1. The highest BCUT2D eigenvalue weighted by Crippen LogP contribution is 2.34. The lowest BCUT2D eigenvalue weighted by atomic mass is 10.0. The summed E-state index contributed by atoms with van der Waals surface area (Å²) in [5.74, 6) is 0. The molecule has 3 N–H and O–H groups in total. The van der Waals surface area contributed by atoms with E-state index < -0.39 is 0 Å². The van der Waals surface area contributed by atoms with Gasteiger partial charge in [-0.3, -0.25) is 0 Å². The average molecular weight is 707 g/mol. The molecule has 0 unspecified atom stereocenters. The molecule has 0 radical (unpaired) electrons. The van der Waals surface area contributed by atoms with E-state index in [1.54, 1.807) is 0 Å². The number of fused-ring (bicyclic) bond motifs is 6. The van der Waals surface area contributed by atoms with Crippen LogP contribution in [-0.4, -0.2) is 0 Å². The highest BCUT2D eigenvalue weighted by atomic mass is 35.5. The molecule has 0 spiro atoms. The Morgan fingerprint density at radius 1 is 0.358 bits per heavy atom. The maximum absolute atomic E-state index is 5.92. The maximum Gasteiger partial charge on any atom is 0.135 e. The van der Waals surface area contributed by atoms with E-state index in [2.05, 4.69) is 84.2 Å². The average Bonchev–Trinajstić information content (AvgIpc) is 3.77. The van der Waals surface area contributed by atoms with Crippen LogP contribution in [0.5, 0.6) is 0 Å². The second-order valence-electron chi connectivity index (χ2n) is 12.6. The van der Waals surface area contributed by atoms with Gasteiger partial charge in [0.2, 0.25) is 0 Å². The predicted octanol–water partition coefficient (Wildman–Crippen LogP) is 14.2. The van der Waals surface area contributed by atoms with Crippen LogP contribution in [0.3, 0.4) is 0 Å². The third-order valence-electron chi connectivity index (χ3n) is 9.01. The van der Waals surface area contributed by atoms with Gasteiger partial charge in [-0.2, -0.15) is 0 Å². The lowest BCUT2D eigenvalue weighted by Crippen LogP contribution is -1.89. The van der Waals surface area contributed by atoms with Crippen molar-refractivity contribution in [1.29, 1.82) is 0 Å². The predicted molar refractivity (Wildman–Crippen MR) is 224 cm³/mol. The molecule has 0 saturated carbocycles. The molecule has 2 heterocycles. The van der Waals surface area contributed by atoms with Gasteiger partial charge in [0.15, 0.2) is 0 Å². The normalized spacial score (nSPS) is 10.8. The number of hydrogen-bond acceptors (Lipinski definition) is 4. The summed E-state index contributed by atoms with van der Waals surface area (Å²) in [5, 5.41) is 8.83. The number of halogens is 1. The third-order valence-corrected chi connectivity index (χ3v) is 9.26. The SMILES string of the molecule is Clc1ccccc1.Nc1ccc(-c2ccc3oc4ccccc4c3c2)cc1.c1ccc(Nc2ccc(-c3ccc4oc5ccccc5c4c3)cc2)cc1. The zero-order valence-electron chi connectivity index (χ0n) is 28.7. The van der Waals surface area contributed by atoms with Gasteiger partial charge in [0, 0.05) is 43.6 Å². The largest absolute Gasteiger partial charge is 0.456 e. The van der Waals surface area contributed by atoms with Crippen molar-refractivity contribution >= 4 is 72.5 Å². The van der Waals surface area contributed by atoms with Gasteiger partial charge >= 0.3 is 0 Å². The van der Waals surface area contributed by atoms with Gasteiger partial charge in [-0.25, -0.2) is 0 Å². The highest BCUT2D eigenvalue weighted by molar-refractivity contribution is 6.30. The van der Waals surface area contributed by atoms with Crippen LogP contribution in [-0.2, 0) is 0 Å². The number of anilines is 3. The molecule has 256 valence electrons. The second-order valence-corrected chi connectivity index (χ2v) is 13.0. The van der Waals surface area contributed by atoms with Crippen molar-refractivity contribution in [3.05, 3.63) is 199 Å². The van der Waals surface area contributed by atoms with E-state index in [0.717, 1.165) is 71.5 Å². The molecular weight excluding hydrogens is 672 g/mol. The van der Waals surface area contributed by atoms with Crippen molar-refractivity contribution in [1.82, 2.24) is 0 Å². The van der Waals surface area contributed by atoms with Crippen LogP contribution in [0.1, 0.15) is 0 Å². The molecule has 8 aromatic carbocycles. The van der Waals surface area contributed by atoms with E-state index in [9.17, 15) is 0 Å². The first kappa shape index (κ1) is 33.4. The van der Waals surface area contributed by atoms with E-state index in [4.69, 9.17) is 26.2 Å². The molecule has 2 aromatic heterocycles. The molecule has 4 nitrogen and oxygen atoms in total. The van der Waals surface area contributed by atoms with Crippen LogP contribution in [0.25, 0.3) is 66.1 Å². The Balaban J connectivity index is 0.000000131. The summed E-state index contributed by atoms with van der Waals surface area (Å²) in [5.41, 5.74) is 17.1. The first-order valence-corrected chi connectivity index (χ1v) is 17.8. The maximum atomic E-state index is 5.92. The molecule has 0 aliphatic heterocycles. The summed E-state index contributed by atoms with van der Waals surface area (Å²) in [6.07, 6.45) is 0. The molecule has 0 saturated heterocycles. The van der Waals surface area contributed by atoms with Crippen LogP contribution < -0.4 is 11.1 Å². The smallest absolute Gasteiger partial charge is 0.135 e. The fourth-order valence-corrected chi connectivity index (χ4v) is 6.48. The minimum Gasteiger partial charge on any atom is -0.456 e. The Bertz CT molecular complexity index is 2750. The van der Waals surface area contributed by atoms with Gasteiger partial charge in [-0.05, 0) is 107 Å². The fourth-order valence-electron chi connectivity index (χ4n) is 6.34. The summed E-state index contributed by atoms with van der Waals surface area (Å²) in [7, 11) is 0. The Hall–Kier alpha value is -6.75. The Morgan fingerprint density at radius 3 is 1.25 bits per heavy atom. The quantitative estimate of drug-likeness (QED) is 0.179. The molecule has 0 atom stereocenters. The highest BCUT2D eigenvalue weighted by Gasteiger charge is 2.09. The number of benzene rings is 8. The number of nitrogen functional groups attached to an aromatic ring is 1. The van der Waals surface area contributed by atoms with Crippen molar-refractivity contribution in [3.63, 3.8) is 0 Å². The zero-order chi connectivity index (χ0) is 36.0.